The van der Waals surface area contributed by atoms with Gasteiger partial charge in [-0.15, -0.1) is 0 Å². The number of hydrogen-bond acceptors (Lipinski definition) is 4. The summed E-state index contributed by atoms with van der Waals surface area (Å²) in [4.78, 5) is 19.0. The Labute approximate surface area is 111 Å². The van der Waals surface area contributed by atoms with Crippen molar-refractivity contribution in [2.24, 2.45) is 0 Å². The molecule has 0 saturated carbocycles. The lowest BCUT2D eigenvalue weighted by molar-refractivity contribution is 0.0690. The first-order valence-corrected chi connectivity index (χ1v) is 5.96. The number of pyridine rings is 2. The molecular formula is C14H15N3O2. The molecule has 0 unspecified atom stereocenters. The van der Waals surface area contributed by atoms with E-state index >= 15 is 0 Å². The van der Waals surface area contributed by atoms with Crippen molar-refractivity contribution in [3.8, 4) is 0 Å². The Kier molecular flexibility index (Phi) is 4.20. The van der Waals surface area contributed by atoms with Gasteiger partial charge in [-0.1, -0.05) is 12.1 Å². The van der Waals surface area contributed by atoms with Gasteiger partial charge in [0.1, 0.15) is 5.69 Å². The lowest BCUT2D eigenvalue weighted by Crippen LogP contribution is -2.15. The Hall–Kier alpha value is -2.27. The molecule has 2 heterocycles. The zero-order chi connectivity index (χ0) is 13.7. The average molecular weight is 257 g/mol. The molecule has 19 heavy (non-hydrogen) atoms. The quantitative estimate of drug-likeness (QED) is 0.853. The second-order valence-electron chi connectivity index (χ2n) is 4.23. The summed E-state index contributed by atoms with van der Waals surface area (Å²) < 4.78 is 0. The molecule has 0 bridgehead atoms. The molecule has 0 aliphatic rings. The molecule has 5 nitrogen and oxygen atoms in total. The van der Waals surface area contributed by atoms with Crippen molar-refractivity contribution >= 4 is 5.97 Å². The maximum Gasteiger partial charge on any atom is 0.354 e. The van der Waals surface area contributed by atoms with E-state index in [-0.39, 0.29) is 5.69 Å². The van der Waals surface area contributed by atoms with E-state index in [9.17, 15) is 4.79 Å². The van der Waals surface area contributed by atoms with E-state index in [1.165, 1.54) is 6.07 Å². The maximum atomic E-state index is 10.8. The zero-order valence-electron chi connectivity index (χ0n) is 10.6. The molecular weight excluding hydrogens is 242 g/mol. The minimum Gasteiger partial charge on any atom is -0.477 e. The Morgan fingerprint density at radius 3 is 2.79 bits per heavy atom. The predicted molar refractivity (Wildman–Crippen MR) is 70.7 cm³/mol. The number of carboxylic acid groups (broad SMARTS) is 1. The lowest BCUT2D eigenvalue weighted by atomic mass is 10.2. The van der Waals surface area contributed by atoms with Crippen LogP contribution in [-0.2, 0) is 13.1 Å². The van der Waals surface area contributed by atoms with Crippen molar-refractivity contribution in [3.63, 3.8) is 0 Å². The van der Waals surface area contributed by atoms with Crippen LogP contribution in [0.2, 0.25) is 0 Å². The summed E-state index contributed by atoms with van der Waals surface area (Å²) in [6.07, 6.45) is 1.82. The molecule has 0 aromatic carbocycles. The van der Waals surface area contributed by atoms with Crippen LogP contribution in [0.5, 0.6) is 0 Å². The molecule has 0 aliphatic carbocycles. The minimum absolute atomic E-state index is 0.0660. The standard InChI is InChI=1S/C14H15N3O2/c1-10-5-6-11(8-16-10)7-15-9-12-3-2-4-13(17-12)14(18)19/h2-6,8,15H,7,9H2,1H3,(H,18,19). The van der Waals surface area contributed by atoms with E-state index in [1.807, 2.05) is 25.3 Å². The first-order chi connectivity index (χ1) is 9.15. The summed E-state index contributed by atoms with van der Waals surface area (Å²) >= 11 is 0. The van der Waals surface area contributed by atoms with Gasteiger partial charge < -0.3 is 10.4 Å². The molecule has 0 atom stereocenters. The van der Waals surface area contributed by atoms with Crippen molar-refractivity contribution in [2.75, 3.05) is 0 Å². The zero-order valence-corrected chi connectivity index (χ0v) is 10.6. The number of nitrogens with one attached hydrogen (secondary N) is 1. The van der Waals surface area contributed by atoms with E-state index in [4.69, 9.17) is 5.11 Å². The highest BCUT2D eigenvalue weighted by Gasteiger charge is 2.04. The molecule has 2 rings (SSSR count). The molecule has 98 valence electrons. The fraction of sp³-hybridized carbons (Fsp3) is 0.214. The third-order valence-electron chi connectivity index (χ3n) is 2.63. The van der Waals surface area contributed by atoms with Gasteiger partial charge in [0, 0.05) is 25.0 Å². The van der Waals surface area contributed by atoms with Crippen LogP contribution in [0.3, 0.4) is 0 Å². The second kappa shape index (κ2) is 6.06. The third-order valence-corrected chi connectivity index (χ3v) is 2.63. The van der Waals surface area contributed by atoms with E-state index in [0.717, 1.165) is 11.3 Å². The molecule has 2 aromatic rings. The molecule has 0 saturated heterocycles. The normalized spacial score (nSPS) is 10.4. The Morgan fingerprint density at radius 1 is 1.26 bits per heavy atom. The molecule has 0 amide bonds. The van der Waals surface area contributed by atoms with Gasteiger partial charge in [0.25, 0.3) is 0 Å². The average Bonchev–Trinajstić information content (AvgIpc) is 2.41. The van der Waals surface area contributed by atoms with Crippen LogP contribution in [0.15, 0.2) is 36.5 Å². The molecule has 5 heteroatoms. The highest BCUT2D eigenvalue weighted by atomic mass is 16.4. The molecule has 0 aliphatic heterocycles. The van der Waals surface area contributed by atoms with Gasteiger partial charge in [-0.2, -0.15) is 0 Å². The Balaban J connectivity index is 1.90. The summed E-state index contributed by atoms with van der Waals surface area (Å²) in [6.45, 7) is 3.14. The Bertz CT molecular complexity index is 567. The lowest BCUT2D eigenvalue weighted by Gasteiger charge is -2.05. The van der Waals surface area contributed by atoms with E-state index in [1.54, 1.807) is 12.1 Å². The van der Waals surface area contributed by atoms with Gasteiger partial charge in [0.2, 0.25) is 0 Å². The van der Waals surface area contributed by atoms with Crippen molar-refractivity contribution in [3.05, 3.63) is 59.2 Å². The van der Waals surface area contributed by atoms with Crippen LogP contribution in [0.4, 0.5) is 0 Å². The third kappa shape index (κ3) is 3.86. The number of aromatic carboxylic acids is 1. The van der Waals surface area contributed by atoms with Crippen LogP contribution in [0.25, 0.3) is 0 Å². The van der Waals surface area contributed by atoms with E-state index < -0.39 is 5.97 Å². The number of rotatable bonds is 5. The van der Waals surface area contributed by atoms with Gasteiger partial charge >= 0.3 is 5.97 Å². The van der Waals surface area contributed by atoms with Crippen molar-refractivity contribution < 1.29 is 9.90 Å². The van der Waals surface area contributed by atoms with Crippen molar-refractivity contribution in [1.29, 1.82) is 0 Å². The highest BCUT2D eigenvalue weighted by molar-refractivity contribution is 5.85. The fourth-order valence-electron chi connectivity index (χ4n) is 1.64. The van der Waals surface area contributed by atoms with Crippen LogP contribution in [-0.4, -0.2) is 21.0 Å². The maximum absolute atomic E-state index is 10.8. The van der Waals surface area contributed by atoms with Crippen molar-refractivity contribution in [2.45, 2.75) is 20.0 Å². The van der Waals surface area contributed by atoms with Crippen LogP contribution in [0.1, 0.15) is 27.4 Å². The summed E-state index contributed by atoms with van der Waals surface area (Å²) in [6, 6.07) is 8.94. The van der Waals surface area contributed by atoms with Crippen molar-refractivity contribution in [1.82, 2.24) is 15.3 Å². The number of aromatic nitrogens is 2. The predicted octanol–water partition coefficient (Wildman–Crippen LogP) is 1.77. The highest BCUT2D eigenvalue weighted by Crippen LogP contribution is 2.02. The SMILES string of the molecule is Cc1ccc(CNCc2cccc(C(=O)O)n2)cn1. The van der Waals surface area contributed by atoms with E-state index in [2.05, 4.69) is 15.3 Å². The number of hydrogen-bond donors (Lipinski definition) is 2. The summed E-state index contributed by atoms with van der Waals surface area (Å²) in [5.41, 5.74) is 2.84. The smallest absolute Gasteiger partial charge is 0.354 e. The molecule has 0 fully saturated rings. The first-order valence-electron chi connectivity index (χ1n) is 5.96. The van der Waals surface area contributed by atoms with Gasteiger partial charge in [-0.3, -0.25) is 4.98 Å². The van der Waals surface area contributed by atoms with Gasteiger partial charge in [0.15, 0.2) is 0 Å². The topological polar surface area (TPSA) is 75.1 Å². The monoisotopic (exact) mass is 257 g/mol. The Morgan fingerprint density at radius 2 is 2.11 bits per heavy atom. The van der Waals surface area contributed by atoms with Crippen LogP contribution < -0.4 is 5.32 Å². The molecule has 0 radical (unpaired) electrons. The largest absolute Gasteiger partial charge is 0.477 e. The molecule has 0 spiro atoms. The summed E-state index contributed by atoms with van der Waals surface area (Å²) in [5, 5.41) is 12.1. The van der Waals surface area contributed by atoms with E-state index in [0.29, 0.717) is 18.8 Å². The summed E-state index contributed by atoms with van der Waals surface area (Å²) in [7, 11) is 0. The van der Waals surface area contributed by atoms with Crippen LogP contribution >= 0.6 is 0 Å². The number of aryl methyl sites for hydroxylation is 1. The van der Waals surface area contributed by atoms with Gasteiger partial charge in [0.05, 0.1) is 5.69 Å². The van der Waals surface area contributed by atoms with Crippen LogP contribution in [0, 0.1) is 6.92 Å². The van der Waals surface area contributed by atoms with Gasteiger partial charge in [-0.05, 0) is 30.7 Å². The number of nitrogens with zero attached hydrogens (tertiary/aromatic N) is 2. The van der Waals surface area contributed by atoms with Gasteiger partial charge in [-0.25, -0.2) is 9.78 Å². The molecule has 2 aromatic heterocycles. The molecule has 2 N–H and O–H groups in total. The fourth-order valence-corrected chi connectivity index (χ4v) is 1.64. The second-order valence-corrected chi connectivity index (χ2v) is 4.23. The first kappa shape index (κ1) is 13.2. The summed E-state index contributed by atoms with van der Waals surface area (Å²) in [5.74, 6) is -1.01. The number of carboxylic acids is 1. The minimum atomic E-state index is -1.01. The number of carbonyl (C=O) groups is 1.